The fourth-order valence-corrected chi connectivity index (χ4v) is 3.04. The van der Waals surface area contributed by atoms with Crippen molar-refractivity contribution >= 4 is 11.8 Å². The van der Waals surface area contributed by atoms with Crippen LogP contribution in [0.5, 0.6) is 0 Å². The molecule has 2 amide bonds. The molecule has 1 aliphatic heterocycles. The van der Waals surface area contributed by atoms with E-state index in [1.54, 1.807) is 0 Å². The van der Waals surface area contributed by atoms with E-state index < -0.39 is 17.4 Å². The molecule has 0 bridgehead atoms. The number of hydrogen-bond donors (Lipinski definition) is 2. The number of nitrogens with one attached hydrogen (secondary N) is 2. The zero-order valence-electron chi connectivity index (χ0n) is 16.0. The first-order valence-corrected chi connectivity index (χ1v) is 8.81. The number of rotatable bonds is 4. The van der Waals surface area contributed by atoms with Crippen LogP contribution >= 0.6 is 0 Å². The Morgan fingerprint density at radius 2 is 1.76 bits per heavy atom. The van der Waals surface area contributed by atoms with Crippen LogP contribution in [0.3, 0.4) is 0 Å². The molecule has 0 spiro atoms. The van der Waals surface area contributed by atoms with Crippen LogP contribution in [0.1, 0.15) is 32.5 Å². The molecular formula is C18H31N5O2. The smallest absolute Gasteiger partial charge is 0.309 e. The Hall–Kier alpha value is -1.86. The summed E-state index contributed by atoms with van der Waals surface area (Å²) in [7, 11) is 4.13. The number of likely N-dealkylation sites (N-methyl/N-ethyl adjacent to an activating group) is 1. The first-order chi connectivity index (χ1) is 11.7. The van der Waals surface area contributed by atoms with Crippen molar-refractivity contribution in [2.24, 2.45) is 7.05 Å². The third-order valence-corrected chi connectivity index (χ3v) is 4.45. The second kappa shape index (κ2) is 8.01. The minimum absolute atomic E-state index is 0.0556. The van der Waals surface area contributed by atoms with Gasteiger partial charge in [0.15, 0.2) is 0 Å². The highest BCUT2D eigenvalue weighted by Gasteiger charge is 2.27. The number of carbonyl (C=O) groups is 2. The highest BCUT2D eigenvalue weighted by molar-refractivity contribution is 6.35. The lowest BCUT2D eigenvalue weighted by atomic mass is 10.1. The van der Waals surface area contributed by atoms with Crippen LogP contribution in [0.2, 0.25) is 0 Å². The Kier molecular flexibility index (Phi) is 6.24. The third kappa shape index (κ3) is 5.57. The van der Waals surface area contributed by atoms with Gasteiger partial charge in [-0.25, -0.2) is 0 Å². The van der Waals surface area contributed by atoms with Crippen molar-refractivity contribution in [1.29, 1.82) is 0 Å². The number of piperazine rings is 1. The molecule has 1 atom stereocenters. The normalized spacial score (nSPS) is 18.0. The van der Waals surface area contributed by atoms with Gasteiger partial charge in [-0.05, 0) is 40.0 Å². The van der Waals surface area contributed by atoms with E-state index in [-0.39, 0.29) is 6.04 Å². The summed E-state index contributed by atoms with van der Waals surface area (Å²) in [4.78, 5) is 28.8. The van der Waals surface area contributed by atoms with Crippen LogP contribution in [0.25, 0.3) is 0 Å². The predicted molar refractivity (Wildman–Crippen MR) is 98.1 cm³/mol. The molecule has 2 rings (SSSR count). The topological polar surface area (TPSA) is 69.6 Å². The van der Waals surface area contributed by atoms with Gasteiger partial charge in [-0.15, -0.1) is 0 Å². The second-order valence-electron chi connectivity index (χ2n) is 7.81. The minimum Gasteiger partial charge on any atom is -0.353 e. The van der Waals surface area contributed by atoms with Gasteiger partial charge in [0.05, 0.1) is 6.04 Å². The average molecular weight is 349 g/mol. The van der Waals surface area contributed by atoms with Crippen molar-refractivity contribution < 1.29 is 9.59 Å². The van der Waals surface area contributed by atoms with E-state index in [1.807, 2.05) is 40.1 Å². The number of nitrogens with zero attached hydrogens (tertiary/aromatic N) is 3. The molecule has 7 nitrogen and oxygen atoms in total. The SMILES string of the molecule is CN1CCN(C(CNC(=O)C(=O)NC(C)(C)C)c2cccn2C)CC1. The fourth-order valence-electron chi connectivity index (χ4n) is 3.04. The quantitative estimate of drug-likeness (QED) is 0.770. The predicted octanol–water partition coefficient (Wildman–Crippen LogP) is 0.345. The van der Waals surface area contributed by atoms with E-state index in [0.29, 0.717) is 6.54 Å². The Bertz CT molecular complexity index is 597. The zero-order chi connectivity index (χ0) is 18.6. The molecule has 1 saturated heterocycles. The van der Waals surface area contributed by atoms with Gasteiger partial charge in [-0.2, -0.15) is 0 Å². The molecule has 2 N–H and O–H groups in total. The van der Waals surface area contributed by atoms with Crippen molar-refractivity contribution in [2.75, 3.05) is 39.8 Å². The van der Waals surface area contributed by atoms with Gasteiger partial charge < -0.3 is 20.1 Å². The van der Waals surface area contributed by atoms with Gasteiger partial charge >= 0.3 is 11.8 Å². The van der Waals surface area contributed by atoms with E-state index in [9.17, 15) is 9.59 Å². The van der Waals surface area contributed by atoms with E-state index >= 15 is 0 Å². The highest BCUT2D eigenvalue weighted by atomic mass is 16.2. The van der Waals surface area contributed by atoms with Gasteiger partial charge in [0.2, 0.25) is 0 Å². The zero-order valence-corrected chi connectivity index (χ0v) is 16.0. The lowest BCUT2D eigenvalue weighted by Gasteiger charge is -2.38. The summed E-state index contributed by atoms with van der Waals surface area (Å²) >= 11 is 0. The molecule has 1 aliphatic rings. The highest BCUT2D eigenvalue weighted by Crippen LogP contribution is 2.21. The van der Waals surface area contributed by atoms with Gasteiger partial charge in [0.1, 0.15) is 0 Å². The first kappa shape index (κ1) is 19.5. The molecule has 1 aromatic rings. The van der Waals surface area contributed by atoms with Crippen LogP contribution in [0.4, 0.5) is 0 Å². The fraction of sp³-hybridized carbons (Fsp3) is 0.667. The Labute approximate surface area is 150 Å². The minimum atomic E-state index is -0.587. The molecule has 0 saturated carbocycles. The summed E-state index contributed by atoms with van der Waals surface area (Å²) in [6, 6.07) is 4.14. The maximum Gasteiger partial charge on any atom is 0.309 e. The number of aromatic nitrogens is 1. The molecule has 0 aromatic carbocycles. The molecule has 1 aromatic heterocycles. The van der Waals surface area contributed by atoms with E-state index in [2.05, 4.69) is 38.1 Å². The summed E-state index contributed by atoms with van der Waals surface area (Å²) in [5.41, 5.74) is 0.713. The molecule has 140 valence electrons. The Morgan fingerprint density at radius 3 is 2.28 bits per heavy atom. The second-order valence-corrected chi connectivity index (χ2v) is 7.81. The lowest BCUT2D eigenvalue weighted by Crippen LogP contribution is -2.51. The summed E-state index contributed by atoms with van der Waals surface area (Å²) in [6.45, 7) is 9.86. The average Bonchev–Trinajstić information content (AvgIpc) is 2.93. The molecule has 25 heavy (non-hydrogen) atoms. The number of amides is 2. The van der Waals surface area contributed by atoms with E-state index in [0.717, 1.165) is 31.9 Å². The maximum absolute atomic E-state index is 12.2. The van der Waals surface area contributed by atoms with Crippen LogP contribution in [0.15, 0.2) is 18.3 Å². The van der Waals surface area contributed by atoms with E-state index in [1.165, 1.54) is 0 Å². The molecule has 2 heterocycles. The van der Waals surface area contributed by atoms with Crippen LogP contribution in [-0.4, -0.2) is 71.5 Å². The molecule has 1 unspecified atom stereocenters. The summed E-state index contributed by atoms with van der Waals surface area (Å²) in [5, 5.41) is 5.51. The molecular weight excluding hydrogens is 318 g/mol. The van der Waals surface area contributed by atoms with Crippen molar-refractivity contribution in [2.45, 2.75) is 32.4 Å². The largest absolute Gasteiger partial charge is 0.353 e. The molecule has 1 fully saturated rings. The standard InChI is InChI=1S/C18H31N5O2/c1-18(2,3)20-17(25)16(24)19-13-15(14-7-6-8-22(14)5)23-11-9-21(4)10-12-23/h6-8,15H,9-13H2,1-5H3,(H,19,24)(H,20,25). The van der Waals surface area contributed by atoms with Gasteiger partial charge in [-0.1, -0.05) is 0 Å². The monoisotopic (exact) mass is 349 g/mol. The van der Waals surface area contributed by atoms with E-state index in [4.69, 9.17) is 0 Å². The van der Waals surface area contributed by atoms with Gasteiger partial charge in [0.25, 0.3) is 0 Å². The number of carbonyl (C=O) groups excluding carboxylic acids is 2. The lowest BCUT2D eigenvalue weighted by molar-refractivity contribution is -0.140. The van der Waals surface area contributed by atoms with Crippen LogP contribution in [0, 0.1) is 0 Å². The molecule has 7 heteroatoms. The van der Waals surface area contributed by atoms with Gasteiger partial charge in [-0.3, -0.25) is 14.5 Å². The first-order valence-electron chi connectivity index (χ1n) is 8.81. The molecule has 0 radical (unpaired) electrons. The Morgan fingerprint density at radius 1 is 1.12 bits per heavy atom. The van der Waals surface area contributed by atoms with Crippen molar-refractivity contribution in [3.8, 4) is 0 Å². The Balaban J connectivity index is 2.03. The summed E-state index contributed by atoms with van der Waals surface area (Å²) in [6.07, 6.45) is 2.01. The molecule has 0 aliphatic carbocycles. The van der Waals surface area contributed by atoms with Crippen molar-refractivity contribution in [3.63, 3.8) is 0 Å². The van der Waals surface area contributed by atoms with Crippen LogP contribution < -0.4 is 10.6 Å². The number of aryl methyl sites for hydroxylation is 1. The van der Waals surface area contributed by atoms with Gasteiger partial charge in [0, 0.05) is 57.2 Å². The van der Waals surface area contributed by atoms with Crippen molar-refractivity contribution in [1.82, 2.24) is 25.0 Å². The van der Waals surface area contributed by atoms with Crippen LogP contribution in [-0.2, 0) is 16.6 Å². The summed E-state index contributed by atoms with van der Waals surface area (Å²) in [5.74, 6) is -1.17. The summed E-state index contributed by atoms with van der Waals surface area (Å²) < 4.78 is 2.07. The number of hydrogen-bond acceptors (Lipinski definition) is 4. The third-order valence-electron chi connectivity index (χ3n) is 4.45. The maximum atomic E-state index is 12.2. The van der Waals surface area contributed by atoms with Crippen molar-refractivity contribution in [3.05, 3.63) is 24.0 Å².